The maximum absolute atomic E-state index is 14.3. The predicted octanol–water partition coefficient (Wildman–Crippen LogP) is 10.0. The minimum absolute atomic E-state index is 0.0323. The Labute approximate surface area is 574 Å². The Bertz CT molecular complexity index is 2010. The minimum atomic E-state index is -5.69. The number of hydrogen-bond donors (Lipinski definition) is 11. The molecule has 11 N–H and O–H groups in total. The number of phosphoric acid groups is 1. The summed E-state index contributed by atoms with van der Waals surface area (Å²) in [6.45, 7) is 5.77. The number of carbonyl (C=O) groups excluding carboxylic acids is 3. The Balaban J connectivity index is 1.75. The summed E-state index contributed by atoms with van der Waals surface area (Å²) < 4.78 is 65.0. The molecule has 2 saturated heterocycles. The molecule has 3 fully saturated rings. The highest BCUT2D eigenvalue weighted by Crippen LogP contribution is 2.49. The Hall–Kier alpha value is -2.04. The second-order valence-corrected chi connectivity index (χ2v) is 29.1. The van der Waals surface area contributed by atoms with Crippen LogP contribution >= 0.6 is 7.82 Å². The van der Waals surface area contributed by atoms with Crippen LogP contribution in [0.4, 0.5) is 0 Å². The molecule has 1 saturated carbocycles. The molecule has 2 heterocycles. The third-order valence-corrected chi connectivity index (χ3v) is 20.0. The molecule has 0 aromatic rings. The van der Waals surface area contributed by atoms with Crippen molar-refractivity contribution in [3.05, 3.63) is 0 Å². The standard InChI is InChI=1S/C71H133O24P/c1-5-8-11-14-17-19-21-22-23-25-27-29-36-41-46-57(75)90-52(48-87-55(73)44-39-35-31-30-33-38-43-51(4)42-37-32-16-13-10-7-3)49-89-96(85,86)95-69-67(93-70-65(83)60(78)58(76)53(47-72)91-70)63(81)62(80)64(82)68(69)94-71-66(84)61(79)59(77)54(92-71)50-88-56(74)45-40-34-28-26-24-20-18-15-12-9-6-2/h51-54,58-72,76-84H,5-50H2,1-4H3,(H,85,86). The first-order chi connectivity index (χ1) is 46.2. The molecule has 0 aromatic carbocycles. The average Bonchev–Trinajstić information content (AvgIpc) is 0.749. The summed E-state index contributed by atoms with van der Waals surface area (Å²) in [5.74, 6) is -1.28. The van der Waals surface area contributed by atoms with Gasteiger partial charge in [0.1, 0.15) is 98.7 Å². The lowest BCUT2D eigenvalue weighted by Crippen LogP contribution is -2.69. The van der Waals surface area contributed by atoms with Gasteiger partial charge in [-0.1, -0.05) is 259 Å². The van der Waals surface area contributed by atoms with E-state index >= 15 is 0 Å². The number of ether oxygens (including phenoxy) is 7. The molecule has 3 aliphatic rings. The zero-order chi connectivity index (χ0) is 70.5. The average molecular weight is 1400 g/mol. The Morgan fingerprint density at radius 1 is 0.396 bits per heavy atom. The molecular formula is C71H133O24P. The lowest BCUT2D eigenvalue weighted by molar-refractivity contribution is -0.360. The third kappa shape index (κ3) is 36.2. The van der Waals surface area contributed by atoms with Gasteiger partial charge in [-0.3, -0.25) is 23.4 Å². The van der Waals surface area contributed by atoms with E-state index in [2.05, 4.69) is 27.7 Å². The monoisotopic (exact) mass is 1400 g/mol. The first kappa shape index (κ1) is 88.2. The molecule has 25 heteroatoms. The molecule has 0 spiro atoms. The van der Waals surface area contributed by atoms with Gasteiger partial charge in [0.25, 0.3) is 0 Å². The van der Waals surface area contributed by atoms with Crippen molar-refractivity contribution in [1.29, 1.82) is 0 Å². The van der Waals surface area contributed by atoms with Crippen LogP contribution < -0.4 is 0 Å². The fraction of sp³-hybridized carbons (Fsp3) is 0.958. The maximum atomic E-state index is 14.3. The van der Waals surface area contributed by atoms with E-state index in [1.807, 2.05) is 0 Å². The molecule has 566 valence electrons. The van der Waals surface area contributed by atoms with Crippen molar-refractivity contribution < 1.29 is 117 Å². The lowest BCUT2D eigenvalue weighted by Gasteiger charge is -2.49. The third-order valence-electron chi connectivity index (χ3n) is 19.0. The maximum Gasteiger partial charge on any atom is 0.472 e. The van der Waals surface area contributed by atoms with Crippen LogP contribution in [0.1, 0.15) is 297 Å². The van der Waals surface area contributed by atoms with E-state index in [0.717, 1.165) is 96.3 Å². The zero-order valence-corrected chi connectivity index (χ0v) is 60.0. The smallest absolute Gasteiger partial charge is 0.463 e. The Morgan fingerprint density at radius 2 is 0.729 bits per heavy atom. The molecule has 0 radical (unpaired) electrons. The lowest BCUT2D eigenvalue weighted by atomic mass is 9.84. The SMILES string of the molecule is CCCCCCCCCCCCCCCCC(=O)OC(COC(=O)CCCCCCCCC(C)CCCCCCCC)COP(=O)(O)OC1C(OC2OC(CO)C(O)C(O)C2O)C(O)C(O)C(O)C1OC1OC(COC(=O)CCCCCCCCCCCCC)C(O)C(O)C1O. The van der Waals surface area contributed by atoms with Crippen LogP contribution in [0.15, 0.2) is 0 Å². The van der Waals surface area contributed by atoms with Gasteiger partial charge in [-0.2, -0.15) is 0 Å². The summed E-state index contributed by atoms with van der Waals surface area (Å²) in [6.07, 6.45) is 7.55. The van der Waals surface area contributed by atoms with Crippen molar-refractivity contribution >= 4 is 25.7 Å². The van der Waals surface area contributed by atoms with E-state index in [1.165, 1.54) is 135 Å². The normalized spacial score (nSPS) is 28.2. The van der Waals surface area contributed by atoms with Crippen LogP contribution in [0.2, 0.25) is 0 Å². The second kappa shape index (κ2) is 52.9. The fourth-order valence-electron chi connectivity index (χ4n) is 12.8. The fourth-order valence-corrected chi connectivity index (χ4v) is 13.7. The van der Waals surface area contributed by atoms with Gasteiger partial charge >= 0.3 is 25.7 Å². The first-order valence-corrected chi connectivity index (χ1v) is 39.2. The number of phosphoric ester groups is 1. The summed E-state index contributed by atoms with van der Waals surface area (Å²) in [4.78, 5) is 51.0. The topological polar surface area (TPSA) is 374 Å². The number of aliphatic hydroxyl groups is 10. The number of aliphatic hydroxyl groups excluding tert-OH is 10. The largest absolute Gasteiger partial charge is 0.472 e. The van der Waals surface area contributed by atoms with Crippen molar-refractivity contribution in [3.63, 3.8) is 0 Å². The van der Waals surface area contributed by atoms with E-state index in [9.17, 15) is 74.9 Å². The second-order valence-electron chi connectivity index (χ2n) is 27.7. The quantitative estimate of drug-likeness (QED) is 0.0117. The summed E-state index contributed by atoms with van der Waals surface area (Å²) in [5.41, 5.74) is 0. The molecule has 2 aliphatic heterocycles. The molecule has 19 unspecified atom stereocenters. The summed E-state index contributed by atoms with van der Waals surface area (Å²) in [5, 5.41) is 110. The van der Waals surface area contributed by atoms with Gasteiger partial charge in [0.2, 0.25) is 0 Å². The van der Waals surface area contributed by atoms with Crippen LogP contribution in [-0.4, -0.2) is 204 Å². The van der Waals surface area contributed by atoms with Crippen LogP contribution in [0.3, 0.4) is 0 Å². The van der Waals surface area contributed by atoms with Crippen LogP contribution in [0.5, 0.6) is 0 Å². The first-order valence-electron chi connectivity index (χ1n) is 37.7. The van der Waals surface area contributed by atoms with E-state index in [4.69, 9.17) is 42.2 Å². The molecular weight excluding hydrogens is 1270 g/mol. The van der Waals surface area contributed by atoms with Crippen LogP contribution in [0, 0.1) is 5.92 Å². The van der Waals surface area contributed by atoms with E-state index in [0.29, 0.717) is 25.2 Å². The van der Waals surface area contributed by atoms with Crippen molar-refractivity contribution in [2.75, 3.05) is 26.4 Å². The highest BCUT2D eigenvalue weighted by molar-refractivity contribution is 7.47. The van der Waals surface area contributed by atoms with Gasteiger partial charge in [-0.25, -0.2) is 4.57 Å². The van der Waals surface area contributed by atoms with E-state index < -0.39 is 156 Å². The van der Waals surface area contributed by atoms with Gasteiger partial charge in [0, 0.05) is 19.3 Å². The summed E-state index contributed by atoms with van der Waals surface area (Å²) >= 11 is 0. The molecule has 3 rings (SSSR count). The number of rotatable bonds is 58. The molecule has 0 aromatic heterocycles. The van der Waals surface area contributed by atoms with Gasteiger partial charge in [-0.15, -0.1) is 0 Å². The van der Waals surface area contributed by atoms with Crippen LogP contribution in [-0.2, 0) is 61.2 Å². The van der Waals surface area contributed by atoms with Gasteiger partial charge in [0.15, 0.2) is 18.7 Å². The van der Waals surface area contributed by atoms with Crippen molar-refractivity contribution in [2.45, 2.75) is 402 Å². The Kier molecular flexibility index (Phi) is 48.5. The van der Waals surface area contributed by atoms with Gasteiger partial charge in [-0.05, 0) is 25.2 Å². The molecule has 0 bridgehead atoms. The number of carbonyl (C=O) groups is 3. The van der Waals surface area contributed by atoms with Crippen LogP contribution in [0.25, 0.3) is 0 Å². The molecule has 1 aliphatic carbocycles. The van der Waals surface area contributed by atoms with Crippen molar-refractivity contribution in [1.82, 2.24) is 0 Å². The Morgan fingerprint density at radius 3 is 1.12 bits per heavy atom. The predicted molar refractivity (Wildman–Crippen MR) is 361 cm³/mol. The van der Waals surface area contributed by atoms with E-state index in [1.54, 1.807) is 0 Å². The minimum Gasteiger partial charge on any atom is -0.463 e. The molecule has 0 amide bonds. The number of unbranched alkanes of at least 4 members (excludes halogenated alkanes) is 33. The van der Waals surface area contributed by atoms with Gasteiger partial charge in [0.05, 0.1) is 13.2 Å². The van der Waals surface area contributed by atoms with Crippen molar-refractivity contribution in [2.24, 2.45) is 5.92 Å². The zero-order valence-electron chi connectivity index (χ0n) is 59.1. The molecule has 19 atom stereocenters. The summed E-state index contributed by atoms with van der Waals surface area (Å²) in [7, 11) is -5.69. The number of esters is 3. The molecule has 24 nitrogen and oxygen atoms in total. The highest BCUT2D eigenvalue weighted by atomic mass is 31.2. The van der Waals surface area contributed by atoms with Crippen molar-refractivity contribution in [3.8, 4) is 0 Å². The summed E-state index contributed by atoms with van der Waals surface area (Å²) in [6, 6.07) is 0. The number of hydrogen-bond acceptors (Lipinski definition) is 23. The van der Waals surface area contributed by atoms with Gasteiger partial charge < -0.3 is 89.1 Å². The molecule has 96 heavy (non-hydrogen) atoms. The van der Waals surface area contributed by atoms with E-state index in [-0.39, 0.29) is 19.3 Å². The highest BCUT2D eigenvalue weighted by Gasteiger charge is 2.58.